The quantitative estimate of drug-likeness (QED) is 0.441. The molecule has 1 aromatic heterocycles. The number of nitrogens with one attached hydrogen (secondary N) is 2. The van der Waals surface area contributed by atoms with E-state index >= 15 is 0 Å². The van der Waals surface area contributed by atoms with Gasteiger partial charge in [-0.3, -0.25) is 9.59 Å². The molecule has 1 atom stereocenters. The van der Waals surface area contributed by atoms with Crippen LogP contribution in [0.1, 0.15) is 21.7 Å². The van der Waals surface area contributed by atoms with Crippen molar-refractivity contribution >= 4 is 57.7 Å². The molecule has 2 amide bonds. The third kappa shape index (κ3) is 6.98. The summed E-state index contributed by atoms with van der Waals surface area (Å²) in [4.78, 5) is 31.1. The fraction of sp³-hybridized carbons (Fsp3) is 0.308. The summed E-state index contributed by atoms with van der Waals surface area (Å²) < 4.78 is 0.519. The molecule has 2 heterocycles. The summed E-state index contributed by atoms with van der Waals surface area (Å²) in [5, 5.41) is 6.37. The van der Waals surface area contributed by atoms with Crippen LogP contribution in [0, 0.1) is 0 Å². The molecule has 1 aliphatic rings. The zero-order valence-corrected chi connectivity index (χ0v) is 21.8. The van der Waals surface area contributed by atoms with Crippen molar-refractivity contribution in [2.75, 3.05) is 43.4 Å². The van der Waals surface area contributed by atoms with Crippen LogP contribution in [0.2, 0.25) is 9.36 Å². The molecule has 6 nitrogen and oxygen atoms in total. The smallest absolute Gasteiger partial charge is 0.262 e. The van der Waals surface area contributed by atoms with Crippen LogP contribution in [-0.2, 0) is 11.2 Å². The number of benzene rings is 2. The number of carbonyl (C=O) groups is 2. The Bertz CT molecular complexity index is 1170. The van der Waals surface area contributed by atoms with E-state index < -0.39 is 6.04 Å². The Morgan fingerprint density at radius 3 is 2.51 bits per heavy atom. The molecule has 0 saturated carbocycles. The highest BCUT2D eigenvalue weighted by Gasteiger charge is 2.23. The molecule has 1 saturated heterocycles. The van der Waals surface area contributed by atoms with Crippen molar-refractivity contribution in [2.45, 2.75) is 18.9 Å². The first-order chi connectivity index (χ1) is 16.9. The molecule has 1 aliphatic heterocycles. The lowest BCUT2D eigenvalue weighted by Gasteiger charge is -2.24. The van der Waals surface area contributed by atoms with Crippen molar-refractivity contribution in [2.24, 2.45) is 0 Å². The average Bonchev–Trinajstić information content (AvgIpc) is 3.17. The van der Waals surface area contributed by atoms with E-state index in [1.807, 2.05) is 42.5 Å². The van der Waals surface area contributed by atoms with E-state index in [9.17, 15) is 9.59 Å². The maximum absolute atomic E-state index is 13.3. The van der Waals surface area contributed by atoms with Gasteiger partial charge in [-0.05, 0) is 55.9 Å². The molecular formula is C26H28Cl2N4O2S. The summed E-state index contributed by atoms with van der Waals surface area (Å²) >= 11 is 13.8. The van der Waals surface area contributed by atoms with Gasteiger partial charge in [-0.15, -0.1) is 11.3 Å². The zero-order chi connectivity index (χ0) is 24.8. The summed E-state index contributed by atoms with van der Waals surface area (Å²) in [6.07, 6.45) is 1.42. The standard InChI is InChI=1S/C26H28Cl2N4O2S/c1-31-12-5-13-32(15-14-31)22-9-8-19(17-20(22)27)29-25(33)21(16-18-6-3-2-4-7-18)30-26(34)23-10-11-24(28)35-23/h2-4,6-11,17,21H,5,12-16H2,1H3,(H,29,33)(H,30,34)/t21-/m1/s1. The Morgan fingerprint density at radius 2 is 1.80 bits per heavy atom. The summed E-state index contributed by atoms with van der Waals surface area (Å²) in [7, 11) is 2.13. The summed E-state index contributed by atoms with van der Waals surface area (Å²) in [6, 6.07) is 17.7. The van der Waals surface area contributed by atoms with Gasteiger partial charge in [0.25, 0.3) is 5.91 Å². The summed E-state index contributed by atoms with van der Waals surface area (Å²) in [5.74, 6) is -0.650. The van der Waals surface area contributed by atoms with Crippen LogP contribution in [0.5, 0.6) is 0 Å². The molecular weight excluding hydrogens is 503 g/mol. The van der Waals surface area contributed by atoms with E-state index in [0.29, 0.717) is 26.3 Å². The topological polar surface area (TPSA) is 64.7 Å². The van der Waals surface area contributed by atoms with Gasteiger partial charge in [0, 0.05) is 31.7 Å². The van der Waals surface area contributed by atoms with Crippen LogP contribution in [0.25, 0.3) is 0 Å². The van der Waals surface area contributed by atoms with E-state index in [-0.39, 0.29) is 11.8 Å². The highest BCUT2D eigenvalue weighted by molar-refractivity contribution is 7.18. The number of nitrogens with zero attached hydrogens (tertiary/aromatic N) is 2. The lowest BCUT2D eigenvalue weighted by molar-refractivity contribution is -0.118. The van der Waals surface area contributed by atoms with E-state index in [4.69, 9.17) is 23.2 Å². The Morgan fingerprint density at radius 1 is 1.00 bits per heavy atom. The van der Waals surface area contributed by atoms with Crippen LogP contribution in [-0.4, -0.2) is 56.0 Å². The van der Waals surface area contributed by atoms with E-state index in [2.05, 4.69) is 27.5 Å². The maximum atomic E-state index is 13.3. The van der Waals surface area contributed by atoms with E-state index in [1.54, 1.807) is 18.2 Å². The van der Waals surface area contributed by atoms with Crippen molar-refractivity contribution in [1.82, 2.24) is 10.2 Å². The molecule has 184 valence electrons. The van der Waals surface area contributed by atoms with Gasteiger partial charge in [0.05, 0.1) is 19.9 Å². The van der Waals surface area contributed by atoms with Crippen molar-refractivity contribution in [3.05, 3.63) is 80.5 Å². The fourth-order valence-electron chi connectivity index (χ4n) is 4.08. The van der Waals surface area contributed by atoms with Gasteiger partial charge in [-0.25, -0.2) is 0 Å². The van der Waals surface area contributed by atoms with Crippen LogP contribution in [0.15, 0.2) is 60.7 Å². The van der Waals surface area contributed by atoms with Crippen LogP contribution in [0.4, 0.5) is 11.4 Å². The van der Waals surface area contributed by atoms with Crippen LogP contribution >= 0.6 is 34.5 Å². The minimum atomic E-state index is -0.773. The first-order valence-electron chi connectivity index (χ1n) is 11.5. The van der Waals surface area contributed by atoms with Crippen molar-refractivity contribution in [3.63, 3.8) is 0 Å². The van der Waals surface area contributed by atoms with E-state index in [0.717, 1.165) is 43.9 Å². The van der Waals surface area contributed by atoms with Gasteiger partial charge in [-0.1, -0.05) is 53.5 Å². The number of likely N-dealkylation sites (N-methyl/N-ethyl adjacent to an activating group) is 1. The van der Waals surface area contributed by atoms with Crippen molar-refractivity contribution in [1.29, 1.82) is 0 Å². The molecule has 35 heavy (non-hydrogen) atoms. The number of thiophene rings is 1. The van der Waals surface area contributed by atoms with E-state index in [1.165, 1.54) is 11.3 Å². The summed E-state index contributed by atoms with van der Waals surface area (Å²) in [6.45, 7) is 3.88. The number of halogens is 2. The third-order valence-corrected chi connectivity index (χ3v) is 7.51. The number of rotatable bonds is 7. The van der Waals surface area contributed by atoms with Gasteiger partial charge in [0.1, 0.15) is 6.04 Å². The predicted molar refractivity (Wildman–Crippen MR) is 145 cm³/mol. The Balaban J connectivity index is 1.48. The second-order valence-electron chi connectivity index (χ2n) is 8.62. The van der Waals surface area contributed by atoms with Crippen LogP contribution < -0.4 is 15.5 Å². The number of amides is 2. The SMILES string of the molecule is CN1CCCN(c2ccc(NC(=O)[C@@H](Cc3ccccc3)NC(=O)c3ccc(Cl)s3)cc2Cl)CC1. The Hall–Kier alpha value is -2.58. The molecule has 0 radical (unpaired) electrons. The van der Waals surface area contributed by atoms with Gasteiger partial charge in [-0.2, -0.15) is 0 Å². The first-order valence-corrected chi connectivity index (χ1v) is 13.1. The molecule has 2 N–H and O–H groups in total. The molecule has 1 fully saturated rings. The number of anilines is 2. The average molecular weight is 532 g/mol. The normalized spacial score (nSPS) is 15.3. The molecule has 0 aliphatic carbocycles. The largest absolute Gasteiger partial charge is 0.369 e. The number of carbonyl (C=O) groups excluding carboxylic acids is 2. The van der Waals surface area contributed by atoms with Crippen molar-refractivity contribution in [3.8, 4) is 0 Å². The lowest BCUT2D eigenvalue weighted by Crippen LogP contribution is -2.45. The molecule has 4 rings (SSSR count). The van der Waals surface area contributed by atoms with Gasteiger partial charge in [0.15, 0.2) is 0 Å². The highest BCUT2D eigenvalue weighted by atomic mass is 35.5. The minimum absolute atomic E-state index is 0.315. The highest BCUT2D eigenvalue weighted by Crippen LogP contribution is 2.30. The molecule has 2 aromatic carbocycles. The molecule has 0 spiro atoms. The monoisotopic (exact) mass is 530 g/mol. The zero-order valence-electron chi connectivity index (χ0n) is 19.5. The number of hydrogen-bond acceptors (Lipinski definition) is 5. The minimum Gasteiger partial charge on any atom is -0.369 e. The second-order valence-corrected chi connectivity index (χ2v) is 10.7. The second kappa shape index (κ2) is 11.9. The lowest BCUT2D eigenvalue weighted by atomic mass is 10.0. The summed E-state index contributed by atoms with van der Waals surface area (Å²) in [5.41, 5.74) is 2.49. The van der Waals surface area contributed by atoms with Gasteiger partial charge >= 0.3 is 0 Å². The first kappa shape index (κ1) is 25.5. The number of hydrogen-bond donors (Lipinski definition) is 2. The molecule has 9 heteroatoms. The fourth-order valence-corrected chi connectivity index (χ4v) is 5.33. The third-order valence-electron chi connectivity index (χ3n) is 5.98. The van der Waals surface area contributed by atoms with Gasteiger partial charge in [0.2, 0.25) is 5.91 Å². The maximum Gasteiger partial charge on any atom is 0.262 e. The van der Waals surface area contributed by atoms with Gasteiger partial charge < -0.3 is 20.4 Å². The molecule has 3 aromatic rings. The molecule has 0 unspecified atom stereocenters. The predicted octanol–water partition coefficient (Wildman–Crippen LogP) is 5.18. The van der Waals surface area contributed by atoms with Crippen molar-refractivity contribution < 1.29 is 9.59 Å². The Kier molecular flexibility index (Phi) is 8.68. The molecule has 0 bridgehead atoms. The Labute approximate surface area is 219 Å². The van der Waals surface area contributed by atoms with Crippen LogP contribution in [0.3, 0.4) is 0 Å².